The van der Waals surface area contributed by atoms with E-state index in [1.165, 1.54) is 51.1 Å². The van der Waals surface area contributed by atoms with Crippen molar-refractivity contribution in [1.29, 1.82) is 0 Å². The molecule has 2 heterocycles. The molecule has 0 spiro atoms. The van der Waals surface area contributed by atoms with E-state index in [0.717, 1.165) is 17.0 Å². The number of halogens is 1. The monoisotopic (exact) mass is 426 g/mol. The van der Waals surface area contributed by atoms with Crippen molar-refractivity contribution in [3.8, 4) is 0 Å². The minimum Gasteiger partial charge on any atom is -0.0616 e. The molecule has 4 atom stereocenters. The maximum absolute atomic E-state index is 2.90. The smallest absolute Gasteiger partial charge is 0.0616 e. The highest BCUT2D eigenvalue weighted by Gasteiger charge is 2.52. The molecular weight excluding hydrogens is 393 g/mol. The fraction of sp³-hybridized carbons (Fsp3) is 0.882. The van der Waals surface area contributed by atoms with E-state index in [9.17, 15) is 0 Å². The predicted octanol–water partition coefficient (Wildman–Crippen LogP) is 7.40. The number of rotatable bonds is 5. The van der Waals surface area contributed by atoms with Crippen molar-refractivity contribution in [2.45, 2.75) is 82.7 Å². The molecule has 2 aliphatic heterocycles. The van der Waals surface area contributed by atoms with Gasteiger partial charge in [0.25, 0.3) is 0 Å². The van der Waals surface area contributed by atoms with E-state index in [1.54, 1.807) is 0 Å². The Labute approximate surface area is 141 Å². The summed E-state index contributed by atoms with van der Waals surface area (Å²) in [7, 11) is -0.830. The molecule has 0 N–H and O–H groups in total. The Morgan fingerprint density at radius 1 is 0.900 bits per heavy atom. The molecule has 0 aliphatic carbocycles. The average molecular weight is 426 g/mol. The van der Waals surface area contributed by atoms with Crippen LogP contribution in [-0.2, 0) is 0 Å². The molecule has 0 radical (unpaired) electrons. The molecule has 0 saturated carbocycles. The molecule has 0 aromatic carbocycles. The van der Waals surface area contributed by atoms with Crippen molar-refractivity contribution in [1.82, 2.24) is 0 Å². The molecule has 2 aliphatic rings. The summed E-state index contributed by atoms with van der Waals surface area (Å²) >= 11 is 2.90. The maximum atomic E-state index is 2.90. The predicted molar refractivity (Wildman–Crippen MR) is 108 cm³/mol. The minimum atomic E-state index is -0.830. The molecule has 3 heteroatoms. The molecular formula is C17H33IP2+2. The van der Waals surface area contributed by atoms with Crippen molar-refractivity contribution in [2.75, 3.05) is 12.8 Å². The van der Waals surface area contributed by atoms with Crippen molar-refractivity contribution in [2.24, 2.45) is 0 Å². The minimum absolute atomic E-state index is 0.782. The lowest BCUT2D eigenvalue weighted by Gasteiger charge is -2.26. The van der Waals surface area contributed by atoms with Gasteiger partial charge in [0.2, 0.25) is 0 Å². The Morgan fingerprint density at radius 3 is 1.95 bits per heavy atom. The van der Waals surface area contributed by atoms with Gasteiger partial charge in [0.15, 0.2) is 22.0 Å². The van der Waals surface area contributed by atoms with Gasteiger partial charge in [0.05, 0.1) is 35.6 Å². The summed E-state index contributed by atoms with van der Waals surface area (Å²) in [6.45, 7) is 9.94. The van der Waals surface area contributed by atoms with E-state index < -0.39 is 12.2 Å². The molecule has 20 heavy (non-hydrogen) atoms. The average Bonchev–Trinajstić information content (AvgIpc) is 2.97. The molecule has 0 aromatic heterocycles. The molecule has 0 amide bonds. The summed E-state index contributed by atoms with van der Waals surface area (Å²) < 4.78 is 0. The van der Waals surface area contributed by atoms with Gasteiger partial charge < -0.3 is 0 Å². The van der Waals surface area contributed by atoms with Crippen LogP contribution in [0, 0.1) is 0 Å². The molecule has 0 bridgehead atoms. The molecule has 2 fully saturated rings. The Bertz CT molecular complexity index is 343. The van der Waals surface area contributed by atoms with Gasteiger partial charge in [-0.2, -0.15) is 0 Å². The fourth-order valence-electron chi connectivity index (χ4n) is 4.60. The van der Waals surface area contributed by atoms with E-state index in [1.807, 2.05) is 0 Å². The normalized spacial score (nSPS) is 40.8. The Morgan fingerprint density at radius 2 is 1.45 bits per heavy atom. The lowest BCUT2D eigenvalue weighted by molar-refractivity contribution is 0.696. The summed E-state index contributed by atoms with van der Waals surface area (Å²) in [5, 5.41) is 0. The molecule has 1 unspecified atom stereocenters. The van der Waals surface area contributed by atoms with Gasteiger partial charge in [0.1, 0.15) is 10.7 Å². The summed E-state index contributed by atoms with van der Waals surface area (Å²) in [6, 6.07) is 0. The second-order valence-electron chi connectivity index (χ2n) is 6.98. The fourth-order valence-corrected chi connectivity index (χ4v) is 17.7. The first-order chi connectivity index (χ1) is 9.50. The zero-order valence-corrected chi connectivity index (χ0v) is 17.8. The van der Waals surface area contributed by atoms with Crippen molar-refractivity contribution >= 4 is 34.2 Å². The molecule has 0 aromatic rings. The maximum Gasteiger partial charge on any atom is 0.160 e. The van der Waals surface area contributed by atoms with E-state index in [2.05, 4.69) is 61.1 Å². The zero-order valence-electron chi connectivity index (χ0n) is 13.8. The van der Waals surface area contributed by atoms with Crippen LogP contribution in [-0.4, -0.2) is 29.8 Å². The first-order valence-electron chi connectivity index (χ1n) is 8.63. The quantitative estimate of drug-likeness (QED) is 0.318. The highest BCUT2D eigenvalue weighted by Crippen LogP contribution is 2.80. The van der Waals surface area contributed by atoms with Crippen LogP contribution >= 0.6 is 34.2 Å². The second kappa shape index (κ2) is 7.27. The summed E-state index contributed by atoms with van der Waals surface area (Å²) in [4.78, 5) is -0.782. The third kappa shape index (κ3) is 3.30. The van der Waals surface area contributed by atoms with Crippen LogP contribution in [0.5, 0.6) is 0 Å². The summed E-state index contributed by atoms with van der Waals surface area (Å²) in [5.74, 6) is 5.63. The van der Waals surface area contributed by atoms with Crippen LogP contribution in [0.2, 0.25) is 0 Å². The Balaban J connectivity index is 2.19. The van der Waals surface area contributed by atoms with E-state index in [4.69, 9.17) is 0 Å². The van der Waals surface area contributed by atoms with Crippen LogP contribution in [0.25, 0.3) is 0 Å². The summed E-state index contributed by atoms with van der Waals surface area (Å²) in [5.41, 5.74) is 3.11. The van der Waals surface area contributed by atoms with Crippen LogP contribution in [0.4, 0.5) is 0 Å². The highest BCUT2D eigenvalue weighted by atomic mass is 127. The SMILES string of the molecule is CC[C@@H]1CCC[P+]1(I)/C=C\[P+]1(C)[C@H](CC)CC[C@H]1CC. The molecule has 0 nitrogen and oxygen atoms in total. The van der Waals surface area contributed by atoms with Crippen LogP contribution < -0.4 is 0 Å². The molecule has 2 rings (SSSR count). The van der Waals surface area contributed by atoms with Gasteiger partial charge in [-0.15, -0.1) is 0 Å². The lowest BCUT2D eigenvalue weighted by atomic mass is 10.1. The number of hydrogen-bond acceptors (Lipinski definition) is 0. The first kappa shape index (κ1) is 17.7. The van der Waals surface area contributed by atoms with Crippen LogP contribution in [0.1, 0.15) is 65.7 Å². The third-order valence-corrected chi connectivity index (χ3v) is 19.8. The standard InChI is InChI=1S/C17H33IP2/c1-5-15-10-11-16(6-2)19(15,4)13-14-20(18)12-8-9-17(20)7-3/h13-17H,5-12H2,1-4H3/q+2/b14-13-/t15-,16-,17-,20?/m1/s1. The molecule has 2 saturated heterocycles. The first-order valence-corrected chi connectivity index (χ1v) is 16.0. The van der Waals surface area contributed by atoms with Crippen molar-refractivity contribution in [3.63, 3.8) is 0 Å². The van der Waals surface area contributed by atoms with E-state index in [0.29, 0.717) is 0 Å². The van der Waals surface area contributed by atoms with Crippen molar-refractivity contribution in [3.05, 3.63) is 11.6 Å². The second-order valence-corrected chi connectivity index (χ2v) is 19.7. The zero-order chi connectivity index (χ0) is 14.8. The van der Waals surface area contributed by atoms with Crippen molar-refractivity contribution < 1.29 is 0 Å². The van der Waals surface area contributed by atoms with E-state index >= 15 is 0 Å². The largest absolute Gasteiger partial charge is 0.160 e. The number of hydrogen-bond donors (Lipinski definition) is 0. The van der Waals surface area contributed by atoms with Crippen LogP contribution in [0.3, 0.4) is 0 Å². The lowest BCUT2D eigenvalue weighted by Crippen LogP contribution is -2.11. The third-order valence-electron chi connectivity index (χ3n) is 6.10. The Kier molecular flexibility index (Phi) is 6.42. The summed E-state index contributed by atoms with van der Waals surface area (Å²) in [6.07, 6.45) is 11.8. The molecule has 116 valence electrons. The topological polar surface area (TPSA) is 0 Å². The Hall–Kier alpha value is 1.33. The highest BCUT2D eigenvalue weighted by molar-refractivity contribution is 14.2. The van der Waals surface area contributed by atoms with Gasteiger partial charge in [-0.25, -0.2) is 0 Å². The van der Waals surface area contributed by atoms with E-state index in [-0.39, 0.29) is 0 Å². The van der Waals surface area contributed by atoms with Gasteiger partial charge in [-0.1, -0.05) is 20.8 Å². The van der Waals surface area contributed by atoms with Gasteiger partial charge in [0, 0.05) is 7.26 Å². The van der Waals surface area contributed by atoms with Gasteiger partial charge in [-0.3, -0.25) is 0 Å². The van der Waals surface area contributed by atoms with Gasteiger partial charge >= 0.3 is 0 Å². The van der Waals surface area contributed by atoms with Gasteiger partial charge in [-0.05, 0) is 44.9 Å². The van der Waals surface area contributed by atoms with Crippen LogP contribution in [0.15, 0.2) is 11.6 Å².